The summed E-state index contributed by atoms with van der Waals surface area (Å²) in [6.45, 7) is 0. The summed E-state index contributed by atoms with van der Waals surface area (Å²) in [7, 11) is 1.47. The maximum absolute atomic E-state index is 13.1. The molecule has 1 aliphatic heterocycles. The number of amides is 1. The third kappa shape index (κ3) is 3.62. The summed E-state index contributed by atoms with van der Waals surface area (Å²) in [5, 5.41) is 21.4. The summed E-state index contributed by atoms with van der Waals surface area (Å²) in [5.41, 5.74) is 0.976. The van der Waals surface area contributed by atoms with Gasteiger partial charge in [-0.1, -0.05) is 41.9 Å². The SMILES string of the molecule is COc1ccc(Cl)c(/C(O)=C2\C(=O)C(=O)N(c3ccccc3)C2c2cccc(O)c2)c1. The molecule has 0 aromatic heterocycles. The molecule has 1 fully saturated rings. The number of phenolic OH excluding ortho intramolecular Hbond substituents is 1. The molecule has 1 atom stereocenters. The van der Waals surface area contributed by atoms with E-state index >= 15 is 0 Å². The van der Waals surface area contributed by atoms with E-state index in [1.165, 1.54) is 36.3 Å². The molecule has 0 radical (unpaired) electrons. The number of halogens is 1. The molecule has 0 spiro atoms. The summed E-state index contributed by atoms with van der Waals surface area (Å²) in [4.78, 5) is 27.4. The van der Waals surface area contributed by atoms with Crippen LogP contribution in [-0.2, 0) is 9.59 Å². The highest BCUT2D eigenvalue weighted by atomic mass is 35.5. The fourth-order valence-electron chi connectivity index (χ4n) is 3.66. The Morgan fingerprint density at radius 3 is 2.42 bits per heavy atom. The monoisotopic (exact) mass is 435 g/mol. The van der Waals surface area contributed by atoms with Crippen molar-refractivity contribution in [2.24, 2.45) is 0 Å². The maximum Gasteiger partial charge on any atom is 0.300 e. The van der Waals surface area contributed by atoms with Crippen LogP contribution in [0.15, 0.2) is 78.4 Å². The molecule has 1 saturated heterocycles. The number of para-hydroxylation sites is 1. The molecule has 6 nitrogen and oxygen atoms in total. The average molecular weight is 436 g/mol. The van der Waals surface area contributed by atoms with Gasteiger partial charge in [-0.25, -0.2) is 0 Å². The smallest absolute Gasteiger partial charge is 0.300 e. The van der Waals surface area contributed by atoms with Crippen molar-refractivity contribution in [2.45, 2.75) is 6.04 Å². The Morgan fingerprint density at radius 2 is 1.74 bits per heavy atom. The molecule has 156 valence electrons. The predicted octanol–water partition coefficient (Wildman–Crippen LogP) is 4.68. The molecule has 2 N–H and O–H groups in total. The quantitative estimate of drug-likeness (QED) is 0.353. The zero-order valence-electron chi connectivity index (χ0n) is 16.4. The fourth-order valence-corrected chi connectivity index (χ4v) is 3.86. The number of ether oxygens (including phenoxy) is 1. The Hall–Kier alpha value is -3.77. The molecule has 7 heteroatoms. The van der Waals surface area contributed by atoms with Crippen molar-refractivity contribution in [3.8, 4) is 11.5 Å². The third-order valence-electron chi connectivity index (χ3n) is 5.09. The van der Waals surface area contributed by atoms with E-state index in [0.29, 0.717) is 17.0 Å². The van der Waals surface area contributed by atoms with Crippen LogP contribution < -0.4 is 9.64 Å². The molecule has 0 aliphatic carbocycles. The van der Waals surface area contributed by atoms with Gasteiger partial charge in [0.2, 0.25) is 0 Å². The average Bonchev–Trinajstić information content (AvgIpc) is 3.05. The molecule has 3 aromatic carbocycles. The highest BCUT2D eigenvalue weighted by molar-refractivity contribution is 6.52. The summed E-state index contributed by atoms with van der Waals surface area (Å²) >= 11 is 6.28. The zero-order valence-corrected chi connectivity index (χ0v) is 17.2. The molecule has 31 heavy (non-hydrogen) atoms. The second-order valence-corrected chi connectivity index (χ2v) is 7.35. The maximum atomic E-state index is 13.1. The molecule has 1 aliphatic rings. The standard InChI is InChI=1S/C24H18ClNO5/c1-31-17-10-11-19(25)18(13-17)22(28)20-21(14-6-5-9-16(27)12-14)26(24(30)23(20)29)15-7-3-2-4-8-15/h2-13,21,27-28H,1H3/b22-20+. The van der Waals surface area contributed by atoms with Gasteiger partial charge in [0, 0.05) is 11.3 Å². The normalized spacial score (nSPS) is 17.7. The van der Waals surface area contributed by atoms with Crippen molar-refractivity contribution in [3.05, 3.63) is 94.5 Å². The van der Waals surface area contributed by atoms with E-state index in [9.17, 15) is 19.8 Å². The first-order chi connectivity index (χ1) is 14.9. The second-order valence-electron chi connectivity index (χ2n) is 6.95. The number of carbonyl (C=O) groups excluding carboxylic acids is 2. The Labute approximate surface area is 183 Å². The number of aliphatic hydroxyl groups excluding tert-OH is 1. The van der Waals surface area contributed by atoms with Gasteiger partial charge in [0.05, 0.1) is 23.7 Å². The summed E-state index contributed by atoms with van der Waals surface area (Å²) in [6, 6.07) is 18.6. The highest BCUT2D eigenvalue weighted by Gasteiger charge is 2.47. The van der Waals surface area contributed by atoms with Crippen LogP contribution in [0.1, 0.15) is 17.2 Å². The number of Topliss-reactive ketones (excluding diaryl/α,β-unsaturated/α-hetero) is 1. The number of carbonyl (C=O) groups is 2. The van der Waals surface area contributed by atoms with Crippen LogP contribution in [0.2, 0.25) is 5.02 Å². The van der Waals surface area contributed by atoms with Crippen LogP contribution in [0.3, 0.4) is 0 Å². The van der Waals surface area contributed by atoms with E-state index in [4.69, 9.17) is 16.3 Å². The molecule has 4 rings (SSSR count). The number of ketones is 1. The van der Waals surface area contributed by atoms with Gasteiger partial charge in [0.1, 0.15) is 17.3 Å². The summed E-state index contributed by atoms with van der Waals surface area (Å²) in [6.07, 6.45) is 0. The Kier molecular flexibility index (Phi) is 5.40. The van der Waals surface area contributed by atoms with Crippen molar-refractivity contribution in [1.29, 1.82) is 0 Å². The van der Waals surface area contributed by atoms with Crippen LogP contribution in [-0.4, -0.2) is 29.0 Å². The molecular formula is C24H18ClNO5. The lowest BCUT2D eigenvalue weighted by molar-refractivity contribution is -0.132. The van der Waals surface area contributed by atoms with Crippen LogP contribution in [0.25, 0.3) is 5.76 Å². The Morgan fingerprint density at radius 1 is 1.00 bits per heavy atom. The lowest BCUT2D eigenvalue weighted by Crippen LogP contribution is -2.29. The van der Waals surface area contributed by atoms with Gasteiger partial charge in [-0.05, 0) is 48.0 Å². The lowest BCUT2D eigenvalue weighted by Gasteiger charge is -2.25. The number of aromatic hydroxyl groups is 1. The number of hydrogen-bond donors (Lipinski definition) is 2. The summed E-state index contributed by atoms with van der Waals surface area (Å²) in [5.74, 6) is -1.67. The zero-order chi connectivity index (χ0) is 22.1. The van der Waals surface area contributed by atoms with Crippen molar-refractivity contribution < 1.29 is 24.5 Å². The van der Waals surface area contributed by atoms with Gasteiger partial charge in [0.15, 0.2) is 0 Å². The van der Waals surface area contributed by atoms with Crippen molar-refractivity contribution >= 4 is 34.7 Å². The molecule has 3 aromatic rings. The molecular weight excluding hydrogens is 418 g/mol. The van der Waals surface area contributed by atoms with Gasteiger partial charge in [-0.2, -0.15) is 0 Å². The number of methoxy groups -OCH3 is 1. The van der Waals surface area contributed by atoms with E-state index in [1.807, 2.05) is 0 Å². The van der Waals surface area contributed by atoms with Crippen molar-refractivity contribution in [3.63, 3.8) is 0 Å². The van der Waals surface area contributed by atoms with E-state index in [-0.39, 0.29) is 21.9 Å². The molecule has 1 heterocycles. The minimum Gasteiger partial charge on any atom is -0.508 e. The molecule has 1 amide bonds. The number of aliphatic hydroxyl groups is 1. The Balaban J connectivity index is 1.98. The number of nitrogens with zero attached hydrogens (tertiary/aromatic N) is 1. The van der Waals surface area contributed by atoms with Crippen LogP contribution in [0.4, 0.5) is 5.69 Å². The second kappa shape index (κ2) is 8.16. The number of rotatable bonds is 4. The van der Waals surface area contributed by atoms with Gasteiger partial charge in [-0.15, -0.1) is 0 Å². The number of benzene rings is 3. The molecule has 1 unspecified atom stereocenters. The van der Waals surface area contributed by atoms with Gasteiger partial charge in [0.25, 0.3) is 11.7 Å². The molecule has 0 bridgehead atoms. The van der Waals surface area contributed by atoms with E-state index in [1.54, 1.807) is 48.5 Å². The minimum absolute atomic E-state index is 0.0319. The van der Waals surface area contributed by atoms with Crippen molar-refractivity contribution in [2.75, 3.05) is 12.0 Å². The van der Waals surface area contributed by atoms with Gasteiger partial charge < -0.3 is 14.9 Å². The van der Waals surface area contributed by atoms with Crippen LogP contribution in [0, 0.1) is 0 Å². The van der Waals surface area contributed by atoms with Gasteiger partial charge >= 0.3 is 0 Å². The Bertz CT molecular complexity index is 1210. The number of hydrogen-bond acceptors (Lipinski definition) is 5. The summed E-state index contributed by atoms with van der Waals surface area (Å²) < 4.78 is 5.20. The van der Waals surface area contributed by atoms with E-state index in [0.717, 1.165) is 0 Å². The lowest BCUT2D eigenvalue weighted by atomic mass is 9.95. The molecule has 0 saturated carbocycles. The highest BCUT2D eigenvalue weighted by Crippen LogP contribution is 2.43. The number of anilines is 1. The third-order valence-corrected chi connectivity index (χ3v) is 5.42. The first-order valence-electron chi connectivity index (χ1n) is 9.41. The van der Waals surface area contributed by atoms with Crippen LogP contribution in [0.5, 0.6) is 11.5 Å². The van der Waals surface area contributed by atoms with Crippen LogP contribution >= 0.6 is 11.6 Å². The number of phenols is 1. The van der Waals surface area contributed by atoms with Crippen molar-refractivity contribution in [1.82, 2.24) is 0 Å². The van der Waals surface area contributed by atoms with E-state index in [2.05, 4.69) is 0 Å². The first kappa shape index (κ1) is 20.5. The minimum atomic E-state index is -0.961. The predicted molar refractivity (Wildman–Crippen MR) is 117 cm³/mol. The largest absolute Gasteiger partial charge is 0.508 e. The first-order valence-corrected chi connectivity index (χ1v) is 9.79. The fraction of sp³-hybridized carbons (Fsp3) is 0.0833. The topological polar surface area (TPSA) is 87.1 Å². The van der Waals surface area contributed by atoms with E-state index < -0.39 is 23.5 Å². The van der Waals surface area contributed by atoms with Gasteiger partial charge in [-0.3, -0.25) is 14.5 Å².